The zero-order valence-corrected chi connectivity index (χ0v) is 32.6. The lowest BCUT2D eigenvalue weighted by Crippen LogP contribution is -2.72. The van der Waals surface area contributed by atoms with E-state index in [0.29, 0.717) is 0 Å². The van der Waals surface area contributed by atoms with Crippen LogP contribution >= 0.6 is 0 Å². The molecule has 58 heavy (non-hydrogen) atoms. The van der Waals surface area contributed by atoms with Gasteiger partial charge in [0.2, 0.25) is 0 Å². The van der Waals surface area contributed by atoms with E-state index in [-0.39, 0.29) is 0 Å². The van der Waals surface area contributed by atoms with Crippen LogP contribution in [-0.2, 0) is 0 Å². The highest BCUT2D eigenvalue weighted by atomic mass is 28.3. The van der Waals surface area contributed by atoms with Gasteiger partial charge in [0.25, 0.3) is 8.24 Å². The predicted molar refractivity (Wildman–Crippen MR) is 246 cm³/mol. The first kappa shape index (κ1) is 32.8. The molecule has 0 spiro atoms. The zero-order valence-electron chi connectivity index (χ0n) is 31.6. The summed E-state index contributed by atoms with van der Waals surface area (Å²) >= 11 is 0. The second-order valence-electron chi connectivity index (χ2n) is 15.2. The van der Waals surface area contributed by atoms with Crippen molar-refractivity contribution in [1.29, 1.82) is 0 Å². The number of aromatic nitrogens is 2. The lowest BCUT2D eigenvalue weighted by molar-refractivity contribution is 0.670. The van der Waals surface area contributed by atoms with Crippen LogP contribution in [0.3, 0.4) is 0 Å². The smallest absolute Gasteiger partial charge is 0.257 e. The fourth-order valence-corrected chi connectivity index (χ4v) is 14.7. The third-order valence-corrected chi connectivity index (χ3v) is 16.9. The van der Waals surface area contributed by atoms with E-state index in [1.54, 1.807) is 0 Å². The molecule has 12 rings (SSSR count). The molecule has 0 fully saturated rings. The molecule has 0 aliphatic heterocycles. The van der Waals surface area contributed by atoms with Crippen LogP contribution in [0, 0.1) is 0 Å². The lowest BCUT2D eigenvalue weighted by atomic mass is 10.00. The van der Waals surface area contributed by atoms with E-state index in [2.05, 4.69) is 221 Å². The minimum atomic E-state index is -3.02. The van der Waals surface area contributed by atoms with Gasteiger partial charge in [-0.25, -0.2) is 0 Å². The molecule has 0 unspecified atom stereocenters. The molecule has 3 aromatic heterocycles. The Morgan fingerprint density at radius 1 is 0.345 bits per heavy atom. The molecule has 4 heteroatoms. The molecule has 3 nitrogen and oxygen atoms in total. The van der Waals surface area contributed by atoms with Crippen LogP contribution in [0.25, 0.3) is 82.4 Å². The van der Waals surface area contributed by atoms with E-state index in [9.17, 15) is 0 Å². The van der Waals surface area contributed by atoms with E-state index >= 15 is 0 Å². The number of furan rings is 1. The standard InChI is InChI=1S/C54H36N2OSi/c1-4-17-39(18-5-1)58(40-19-6-2-7-20-40,41-21-8-3-9-22-41)56-51-33-31-37(42-26-16-27-46-45-25-12-15-30-53(45)57-54(42)46)35-47(51)48-36-38(32-34-52(48)56)55-49-28-13-10-23-43(49)44-24-11-14-29-50(44)55/h1-36H. The van der Waals surface area contributed by atoms with E-state index in [1.807, 2.05) is 6.07 Å². The molecule has 0 saturated carbocycles. The van der Waals surface area contributed by atoms with Gasteiger partial charge in [-0.15, -0.1) is 0 Å². The number of nitrogens with zero attached hydrogens (tertiary/aromatic N) is 2. The van der Waals surface area contributed by atoms with E-state index in [4.69, 9.17) is 4.42 Å². The van der Waals surface area contributed by atoms with Crippen LogP contribution in [-0.4, -0.2) is 17.0 Å². The highest BCUT2D eigenvalue weighted by molar-refractivity contribution is 7.11. The van der Waals surface area contributed by atoms with Crippen LogP contribution in [0.15, 0.2) is 223 Å². The van der Waals surface area contributed by atoms with Crippen molar-refractivity contribution >= 4 is 89.3 Å². The fourth-order valence-electron chi connectivity index (χ4n) is 9.78. The molecule has 0 amide bonds. The molecular formula is C54H36N2OSi. The van der Waals surface area contributed by atoms with Crippen LogP contribution in [0.5, 0.6) is 0 Å². The second kappa shape index (κ2) is 12.8. The summed E-state index contributed by atoms with van der Waals surface area (Å²) in [5.74, 6) is 0. The maximum atomic E-state index is 6.62. The van der Waals surface area contributed by atoms with Gasteiger partial charge >= 0.3 is 0 Å². The Bertz CT molecular complexity index is 3360. The average Bonchev–Trinajstić information content (AvgIpc) is 3.96. The van der Waals surface area contributed by atoms with Crippen molar-refractivity contribution in [3.05, 3.63) is 218 Å². The summed E-state index contributed by atoms with van der Waals surface area (Å²) < 4.78 is 11.8. The molecule has 272 valence electrons. The SMILES string of the molecule is c1ccc([Si](c2ccccc2)(c2ccccc2)n2c3ccc(-c4cccc5c4oc4ccccc45)cc3c3cc(-n4c5ccccc5c5ccccc54)ccc32)cc1. The molecule has 0 atom stereocenters. The molecule has 0 aliphatic carbocycles. The fraction of sp³-hybridized carbons (Fsp3) is 0. The van der Waals surface area contributed by atoms with E-state index in [1.165, 1.54) is 59.2 Å². The van der Waals surface area contributed by atoms with Gasteiger partial charge in [-0.1, -0.05) is 170 Å². The maximum absolute atomic E-state index is 6.62. The molecule has 0 saturated heterocycles. The van der Waals surface area contributed by atoms with Gasteiger partial charge in [-0.3, -0.25) is 0 Å². The van der Waals surface area contributed by atoms with Crippen LogP contribution < -0.4 is 15.6 Å². The Kier molecular flexibility index (Phi) is 7.25. The van der Waals surface area contributed by atoms with Crippen molar-refractivity contribution in [3.63, 3.8) is 0 Å². The third-order valence-electron chi connectivity index (χ3n) is 12.2. The van der Waals surface area contributed by atoms with Gasteiger partial charge < -0.3 is 13.2 Å². The number of benzene rings is 9. The molecule has 9 aromatic carbocycles. The van der Waals surface area contributed by atoms with Crippen molar-refractivity contribution < 1.29 is 4.42 Å². The molecule has 3 heterocycles. The van der Waals surface area contributed by atoms with Gasteiger partial charge in [0.15, 0.2) is 0 Å². The second-order valence-corrected chi connectivity index (χ2v) is 18.8. The summed E-state index contributed by atoms with van der Waals surface area (Å²) in [5.41, 5.74) is 10.00. The average molecular weight is 757 g/mol. The van der Waals surface area contributed by atoms with E-state index < -0.39 is 8.24 Å². The summed E-state index contributed by atoms with van der Waals surface area (Å²) in [6.07, 6.45) is 0. The minimum Gasteiger partial charge on any atom is -0.455 e. The summed E-state index contributed by atoms with van der Waals surface area (Å²) in [4.78, 5) is 0. The van der Waals surface area contributed by atoms with Gasteiger partial charge in [0, 0.05) is 54.6 Å². The van der Waals surface area contributed by atoms with Crippen molar-refractivity contribution in [1.82, 2.24) is 8.80 Å². The largest absolute Gasteiger partial charge is 0.455 e. The first-order valence-electron chi connectivity index (χ1n) is 19.9. The molecule has 12 aromatic rings. The summed E-state index contributed by atoms with van der Waals surface area (Å²) in [6.45, 7) is 0. The van der Waals surface area contributed by atoms with Crippen molar-refractivity contribution in [2.45, 2.75) is 0 Å². The summed E-state index contributed by atoms with van der Waals surface area (Å²) in [6, 6.07) is 80.2. The molecular weight excluding hydrogens is 721 g/mol. The Morgan fingerprint density at radius 3 is 1.47 bits per heavy atom. The van der Waals surface area contributed by atoms with Crippen molar-refractivity contribution in [2.75, 3.05) is 0 Å². The van der Waals surface area contributed by atoms with Gasteiger partial charge in [-0.05, 0) is 69.7 Å². The normalized spacial score (nSPS) is 12.1. The number of hydrogen-bond donors (Lipinski definition) is 0. The molecule has 0 bridgehead atoms. The van der Waals surface area contributed by atoms with Crippen molar-refractivity contribution in [3.8, 4) is 16.8 Å². The first-order valence-corrected chi connectivity index (χ1v) is 21.9. The number of para-hydroxylation sites is 4. The maximum Gasteiger partial charge on any atom is 0.257 e. The van der Waals surface area contributed by atoms with Crippen LogP contribution in [0.4, 0.5) is 0 Å². The zero-order chi connectivity index (χ0) is 38.2. The van der Waals surface area contributed by atoms with Gasteiger partial charge in [0.05, 0.1) is 11.0 Å². The minimum absolute atomic E-state index is 0.905. The highest BCUT2D eigenvalue weighted by Crippen LogP contribution is 2.41. The number of fused-ring (bicyclic) bond motifs is 9. The first-order chi connectivity index (χ1) is 28.8. The Hall–Kier alpha value is -7.40. The quantitative estimate of drug-likeness (QED) is 0.122. The number of hydrogen-bond acceptors (Lipinski definition) is 1. The summed E-state index contributed by atoms with van der Waals surface area (Å²) in [7, 11) is -3.02. The van der Waals surface area contributed by atoms with Crippen LogP contribution in [0.2, 0.25) is 0 Å². The topological polar surface area (TPSA) is 23.0 Å². The molecule has 0 N–H and O–H groups in total. The van der Waals surface area contributed by atoms with Gasteiger partial charge in [-0.2, -0.15) is 0 Å². The highest BCUT2D eigenvalue weighted by Gasteiger charge is 2.44. The lowest BCUT2D eigenvalue weighted by Gasteiger charge is -2.36. The predicted octanol–water partition coefficient (Wildman–Crippen LogP) is 12.0. The Morgan fingerprint density at radius 2 is 0.845 bits per heavy atom. The van der Waals surface area contributed by atoms with Crippen molar-refractivity contribution in [2.24, 2.45) is 0 Å². The monoisotopic (exact) mass is 756 g/mol. The Balaban J connectivity index is 1.23. The molecule has 0 aliphatic rings. The van der Waals surface area contributed by atoms with Gasteiger partial charge in [0.1, 0.15) is 11.2 Å². The summed E-state index contributed by atoms with van der Waals surface area (Å²) in [5, 5.41) is 11.2. The number of rotatable bonds is 6. The van der Waals surface area contributed by atoms with Crippen LogP contribution in [0.1, 0.15) is 0 Å². The molecule has 0 radical (unpaired) electrons. The Labute approximate surface area is 336 Å². The van der Waals surface area contributed by atoms with E-state index in [0.717, 1.165) is 38.8 Å². The third kappa shape index (κ3) is 4.67.